The average Bonchev–Trinajstić information content (AvgIpc) is 3.08. The molecule has 0 saturated carbocycles. The van der Waals surface area contributed by atoms with Crippen LogP contribution in [0.2, 0.25) is 0 Å². The minimum Gasteiger partial charge on any atom is -0.456 e. The molecule has 0 spiro atoms. The zero-order valence-corrected chi connectivity index (χ0v) is 14.4. The lowest BCUT2D eigenvalue weighted by Crippen LogP contribution is -1.81. The first-order chi connectivity index (χ1) is 12.4. The highest BCUT2D eigenvalue weighted by Crippen LogP contribution is 2.36. The highest BCUT2D eigenvalue weighted by Gasteiger charge is 2.11. The van der Waals surface area contributed by atoms with E-state index in [2.05, 4.69) is 72.8 Å². The fourth-order valence-electron chi connectivity index (χ4n) is 3.49. The molecular formula is C24H19NO. The molecule has 0 fully saturated rings. The van der Waals surface area contributed by atoms with Crippen molar-refractivity contribution in [3.05, 3.63) is 97.1 Å². The van der Waals surface area contributed by atoms with Crippen LogP contribution in [0.5, 0.6) is 0 Å². The van der Waals surface area contributed by atoms with E-state index in [1.165, 1.54) is 33.0 Å². The van der Waals surface area contributed by atoms with Crippen LogP contribution in [0.1, 0.15) is 0 Å². The van der Waals surface area contributed by atoms with Crippen molar-refractivity contribution in [3.63, 3.8) is 0 Å². The quantitative estimate of drug-likeness (QED) is 0.374. The summed E-state index contributed by atoms with van der Waals surface area (Å²) in [6, 6.07) is 33.7. The van der Waals surface area contributed by atoms with Gasteiger partial charge < -0.3 is 10.6 Å². The van der Waals surface area contributed by atoms with E-state index in [9.17, 15) is 0 Å². The van der Waals surface area contributed by atoms with Crippen LogP contribution in [0.25, 0.3) is 44.2 Å². The Bertz CT molecular complexity index is 1170. The molecule has 0 bridgehead atoms. The van der Waals surface area contributed by atoms with E-state index < -0.39 is 0 Å². The number of rotatable bonds is 2. The lowest BCUT2D eigenvalue weighted by Gasteiger charge is -2.06. The highest BCUT2D eigenvalue weighted by atomic mass is 16.3. The molecule has 126 valence electrons. The van der Waals surface area contributed by atoms with Gasteiger partial charge in [0, 0.05) is 10.8 Å². The van der Waals surface area contributed by atoms with Gasteiger partial charge in [0.05, 0.1) is 0 Å². The standard InChI is InChI=1S/C24H16O.H3N/c1-2-7-17(8-3-1)18-13-15-19(16-14-18)20-10-6-12-23-24(20)21-9-4-5-11-22(21)25-23;/h1-16H;1H3. The van der Waals surface area contributed by atoms with E-state index >= 15 is 0 Å². The molecule has 2 nitrogen and oxygen atoms in total. The summed E-state index contributed by atoms with van der Waals surface area (Å²) in [6.07, 6.45) is 0. The molecule has 2 heteroatoms. The first-order valence-corrected chi connectivity index (χ1v) is 8.46. The van der Waals surface area contributed by atoms with Gasteiger partial charge >= 0.3 is 0 Å². The maximum absolute atomic E-state index is 6.01. The number of fused-ring (bicyclic) bond motifs is 3. The van der Waals surface area contributed by atoms with E-state index in [1.54, 1.807) is 0 Å². The fourth-order valence-corrected chi connectivity index (χ4v) is 3.49. The summed E-state index contributed by atoms with van der Waals surface area (Å²) < 4.78 is 6.01. The van der Waals surface area contributed by atoms with Crippen molar-refractivity contribution in [2.45, 2.75) is 0 Å². The number of hydrogen-bond donors (Lipinski definition) is 1. The predicted molar refractivity (Wildman–Crippen MR) is 110 cm³/mol. The molecule has 1 aromatic heterocycles. The van der Waals surface area contributed by atoms with Crippen molar-refractivity contribution >= 4 is 21.9 Å². The molecule has 1 heterocycles. The van der Waals surface area contributed by atoms with Crippen molar-refractivity contribution in [3.8, 4) is 22.3 Å². The summed E-state index contributed by atoms with van der Waals surface area (Å²) in [4.78, 5) is 0. The van der Waals surface area contributed by atoms with Crippen LogP contribution >= 0.6 is 0 Å². The summed E-state index contributed by atoms with van der Waals surface area (Å²) in [5, 5.41) is 2.35. The van der Waals surface area contributed by atoms with E-state index in [1.807, 2.05) is 24.3 Å². The van der Waals surface area contributed by atoms with Crippen molar-refractivity contribution < 1.29 is 4.42 Å². The van der Waals surface area contributed by atoms with Gasteiger partial charge in [-0.15, -0.1) is 0 Å². The smallest absolute Gasteiger partial charge is 0.136 e. The van der Waals surface area contributed by atoms with Gasteiger partial charge in [0.2, 0.25) is 0 Å². The van der Waals surface area contributed by atoms with Gasteiger partial charge in [-0.05, 0) is 34.4 Å². The maximum Gasteiger partial charge on any atom is 0.136 e. The normalized spacial score (nSPS) is 10.8. The van der Waals surface area contributed by atoms with E-state index in [-0.39, 0.29) is 6.15 Å². The summed E-state index contributed by atoms with van der Waals surface area (Å²) in [5.74, 6) is 0. The molecule has 5 rings (SSSR count). The molecule has 3 N–H and O–H groups in total. The molecule has 4 aromatic carbocycles. The summed E-state index contributed by atoms with van der Waals surface area (Å²) in [5.41, 5.74) is 6.75. The Balaban J connectivity index is 0.00000168. The lowest BCUT2D eigenvalue weighted by atomic mass is 9.97. The number of hydrogen-bond acceptors (Lipinski definition) is 2. The van der Waals surface area contributed by atoms with E-state index in [4.69, 9.17) is 4.42 Å². The molecule has 0 atom stereocenters. The van der Waals surface area contributed by atoms with Crippen LogP contribution < -0.4 is 6.15 Å². The second-order valence-corrected chi connectivity index (χ2v) is 6.22. The van der Waals surface area contributed by atoms with Crippen LogP contribution in [0.4, 0.5) is 0 Å². The summed E-state index contributed by atoms with van der Waals surface area (Å²) in [6.45, 7) is 0. The topological polar surface area (TPSA) is 48.1 Å². The fraction of sp³-hybridized carbons (Fsp3) is 0. The molecule has 0 saturated heterocycles. The molecule has 0 aliphatic carbocycles. The molecule has 0 amide bonds. The first-order valence-electron chi connectivity index (χ1n) is 8.46. The van der Waals surface area contributed by atoms with Crippen LogP contribution in [0, 0.1) is 0 Å². The molecule has 0 unspecified atom stereocenters. The minimum atomic E-state index is 0. The molecule has 0 aliphatic rings. The molecule has 0 radical (unpaired) electrons. The number of para-hydroxylation sites is 1. The highest BCUT2D eigenvalue weighted by molar-refractivity contribution is 6.12. The SMILES string of the molecule is N.c1ccc(-c2ccc(-c3cccc4oc5ccccc5c34)cc2)cc1. The molecule has 5 aromatic rings. The molecular weight excluding hydrogens is 318 g/mol. The Labute approximate surface area is 152 Å². The third-order valence-electron chi connectivity index (χ3n) is 4.71. The average molecular weight is 337 g/mol. The second-order valence-electron chi connectivity index (χ2n) is 6.22. The summed E-state index contributed by atoms with van der Waals surface area (Å²) in [7, 11) is 0. The third kappa shape index (κ3) is 2.57. The maximum atomic E-state index is 6.01. The van der Waals surface area contributed by atoms with Gasteiger partial charge in [0.15, 0.2) is 0 Å². The summed E-state index contributed by atoms with van der Waals surface area (Å²) >= 11 is 0. The monoisotopic (exact) mass is 337 g/mol. The number of furan rings is 1. The third-order valence-corrected chi connectivity index (χ3v) is 4.71. The lowest BCUT2D eigenvalue weighted by molar-refractivity contribution is 0.669. The Kier molecular flexibility index (Phi) is 4.04. The largest absolute Gasteiger partial charge is 0.456 e. The van der Waals surface area contributed by atoms with Crippen LogP contribution in [-0.2, 0) is 0 Å². The predicted octanol–water partition coefficient (Wildman–Crippen LogP) is 7.08. The van der Waals surface area contributed by atoms with Gasteiger partial charge in [0.25, 0.3) is 0 Å². The van der Waals surface area contributed by atoms with E-state index in [0.29, 0.717) is 0 Å². The second kappa shape index (κ2) is 6.51. The van der Waals surface area contributed by atoms with Gasteiger partial charge in [-0.1, -0.05) is 84.9 Å². The first kappa shape index (κ1) is 16.1. The Morgan fingerprint density at radius 3 is 1.88 bits per heavy atom. The van der Waals surface area contributed by atoms with Gasteiger partial charge in [-0.25, -0.2) is 0 Å². The Morgan fingerprint density at radius 2 is 1.08 bits per heavy atom. The van der Waals surface area contributed by atoms with Crippen LogP contribution in [0.3, 0.4) is 0 Å². The van der Waals surface area contributed by atoms with E-state index in [0.717, 1.165) is 11.2 Å². The van der Waals surface area contributed by atoms with Gasteiger partial charge in [0.1, 0.15) is 11.2 Å². The molecule has 26 heavy (non-hydrogen) atoms. The Morgan fingerprint density at radius 1 is 0.462 bits per heavy atom. The van der Waals surface area contributed by atoms with Crippen LogP contribution in [0.15, 0.2) is 101 Å². The zero-order chi connectivity index (χ0) is 16.6. The number of benzene rings is 4. The zero-order valence-electron chi connectivity index (χ0n) is 14.4. The van der Waals surface area contributed by atoms with Crippen LogP contribution in [-0.4, -0.2) is 0 Å². The van der Waals surface area contributed by atoms with Gasteiger partial charge in [-0.2, -0.15) is 0 Å². The minimum absolute atomic E-state index is 0. The van der Waals surface area contributed by atoms with Crippen molar-refractivity contribution in [2.24, 2.45) is 0 Å². The van der Waals surface area contributed by atoms with Crippen molar-refractivity contribution in [1.29, 1.82) is 0 Å². The van der Waals surface area contributed by atoms with Crippen molar-refractivity contribution in [1.82, 2.24) is 6.15 Å². The van der Waals surface area contributed by atoms with Crippen molar-refractivity contribution in [2.75, 3.05) is 0 Å². The molecule has 0 aliphatic heterocycles. The Hall–Kier alpha value is -3.36. The van der Waals surface area contributed by atoms with Gasteiger partial charge in [-0.3, -0.25) is 0 Å².